The summed E-state index contributed by atoms with van der Waals surface area (Å²) in [4.78, 5) is 26.0. The molecular formula is C23H29N3O4S. The molecule has 1 heterocycles. The first kappa shape index (κ1) is 23.0. The van der Waals surface area contributed by atoms with Crippen LogP contribution in [0.1, 0.15) is 42.5 Å². The van der Waals surface area contributed by atoms with E-state index >= 15 is 0 Å². The Labute approximate surface area is 183 Å². The number of rotatable bonds is 6. The average molecular weight is 444 g/mol. The maximum Gasteiger partial charge on any atom is 0.240 e. The lowest BCUT2D eigenvalue weighted by Crippen LogP contribution is -2.33. The molecule has 7 nitrogen and oxygen atoms in total. The first-order valence-corrected chi connectivity index (χ1v) is 11.8. The number of carbonyl (C=O) groups is 2. The number of hydrogen-bond acceptors (Lipinski definition) is 4. The Morgan fingerprint density at radius 2 is 1.74 bits per heavy atom. The van der Waals surface area contributed by atoms with Gasteiger partial charge < -0.3 is 10.2 Å². The van der Waals surface area contributed by atoms with Crippen molar-refractivity contribution in [1.82, 2.24) is 4.72 Å². The van der Waals surface area contributed by atoms with Gasteiger partial charge in [-0.15, -0.1) is 0 Å². The Morgan fingerprint density at radius 1 is 1.10 bits per heavy atom. The number of aryl methyl sites for hydroxylation is 3. The molecule has 1 unspecified atom stereocenters. The fourth-order valence-electron chi connectivity index (χ4n) is 4.22. The highest BCUT2D eigenvalue weighted by atomic mass is 32.2. The standard InChI is InChI=1S/C23H29N3O4S/c1-14-10-15(2)23(16(3)11-14)25-22(28)8-9-24-31(29,30)20-6-7-21-19(13-20)12-17(4)26(21)18(5)27/h6-7,10-11,13,17,24H,8-9,12H2,1-5H3,(H,25,28). The van der Waals surface area contributed by atoms with E-state index in [1.165, 1.54) is 13.0 Å². The number of benzene rings is 2. The quantitative estimate of drug-likeness (QED) is 0.717. The van der Waals surface area contributed by atoms with E-state index in [0.29, 0.717) is 6.42 Å². The van der Waals surface area contributed by atoms with E-state index in [4.69, 9.17) is 0 Å². The number of hydrogen-bond donors (Lipinski definition) is 2. The third-order valence-corrected chi connectivity index (χ3v) is 6.96. The summed E-state index contributed by atoms with van der Waals surface area (Å²) in [6.45, 7) is 9.29. The molecule has 8 heteroatoms. The van der Waals surface area contributed by atoms with Gasteiger partial charge in [-0.2, -0.15) is 0 Å². The first-order valence-electron chi connectivity index (χ1n) is 10.3. The Bertz CT molecular complexity index is 1120. The van der Waals surface area contributed by atoms with Crippen molar-refractivity contribution in [3.8, 4) is 0 Å². The third kappa shape index (κ3) is 4.97. The predicted octanol–water partition coefficient (Wildman–Crippen LogP) is 3.22. The lowest BCUT2D eigenvalue weighted by atomic mass is 10.1. The van der Waals surface area contributed by atoms with Crippen LogP contribution in [0.25, 0.3) is 0 Å². The molecule has 166 valence electrons. The molecule has 0 radical (unpaired) electrons. The Kier molecular flexibility index (Phi) is 6.52. The highest BCUT2D eigenvalue weighted by molar-refractivity contribution is 7.89. The minimum Gasteiger partial charge on any atom is -0.326 e. The van der Waals surface area contributed by atoms with E-state index in [-0.39, 0.29) is 35.7 Å². The summed E-state index contributed by atoms with van der Waals surface area (Å²) in [6.07, 6.45) is 0.627. The summed E-state index contributed by atoms with van der Waals surface area (Å²) >= 11 is 0. The molecule has 2 N–H and O–H groups in total. The van der Waals surface area contributed by atoms with Crippen molar-refractivity contribution in [2.24, 2.45) is 0 Å². The van der Waals surface area contributed by atoms with Crippen LogP contribution in [0, 0.1) is 20.8 Å². The molecular weight excluding hydrogens is 414 g/mol. The normalized spacial score (nSPS) is 15.6. The van der Waals surface area contributed by atoms with E-state index in [9.17, 15) is 18.0 Å². The maximum absolute atomic E-state index is 12.7. The third-order valence-electron chi connectivity index (χ3n) is 5.50. The van der Waals surface area contributed by atoms with E-state index in [0.717, 1.165) is 33.6 Å². The number of nitrogens with zero attached hydrogens (tertiary/aromatic N) is 1. The van der Waals surface area contributed by atoms with E-state index in [1.807, 2.05) is 39.8 Å². The molecule has 0 saturated heterocycles. The predicted molar refractivity (Wildman–Crippen MR) is 122 cm³/mol. The zero-order chi connectivity index (χ0) is 22.9. The summed E-state index contributed by atoms with van der Waals surface area (Å²) < 4.78 is 27.9. The van der Waals surface area contributed by atoms with Gasteiger partial charge >= 0.3 is 0 Å². The molecule has 0 spiro atoms. The van der Waals surface area contributed by atoms with Gasteiger partial charge in [0, 0.05) is 37.3 Å². The summed E-state index contributed by atoms with van der Waals surface area (Å²) in [6, 6.07) is 8.76. The zero-order valence-corrected chi connectivity index (χ0v) is 19.4. The van der Waals surface area contributed by atoms with Crippen molar-refractivity contribution in [1.29, 1.82) is 0 Å². The van der Waals surface area contributed by atoms with Gasteiger partial charge in [0.15, 0.2) is 0 Å². The molecule has 1 aliphatic heterocycles. The van der Waals surface area contributed by atoms with Crippen LogP contribution in [-0.2, 0) is 26.0 Å². The van der Waals surface area contributed by atoms with Crippen molar-refractivity contribution in [3.05, 3.63) is 52.6 Å². The number of nitrogens with one attached hydrogen (secondary N) is 2. The molecule has 0 saturated carbocycles. The molecule has 0 fully saturated rings. The summed E-state index contributed by atoms with van der Waals surface area (Å²) in [5.74, 6) is -0.317. The molecule has 0 bridgehead atoms. The van der Waals surface area contributed by atoms with Crippen LogP contribution in [-0.4, -0.2) is 32.8 Å². The molecule has 3 rings (SSSR count). The van der Waals surface area contributed by atoms with Crippen LogP contribution in [0.4, 0.5) is 11.4 Å². The Morgan fingerprint density at radius 3 is 2.35 bits per heavy atom. The fourth-order valence-corrected chi connectivity index (χ4v) is 5.30. The van der Waals surface area contributed by atoms with Crippen LogP contribution in [0.5, 0.6) is 0 Å². The second kappa shape index (κ2) is 8.80. The van der Waals surface area contributed by atoms with Crippen LogP contribution in [0.2, 0.25) is 0 Å². The van der Waals surface area contributed by atoms with Crippen molar-refractivity contribution in [2.45, 2.75) is 58.4 Å². The van der Waals surface area contributed by atoms with Crippen LogP contribution >= 0.6 is 0 Å². The number of sulfonamides is 1. The second-order valence-electron chi connectivity index (χ2n) is 8.20. The Hall–Kier alpha value is -2.71. The van der Waals surface area contributed by atoms with Gasteiger partial charge in [-0.25, -0.2) is 13.1 Å². The molecule has 2 aromatic rings. The topological polar surface area (TPSA) is 95.6 Å². The zero-order valence-electron chi connectivity index (χ0n) is 18.6. The van der Waals surface area contributed by atoms with E-state index in [2.05, 4.69) is 10.0 Å². The van der Waals surface area contributed by atoms with Gasteiger partial charge in [-0.3, -0.25) is 9.59 Å². The van der Waals surface area contributed by atoms with Gasteiger partial charge in [-0.05, 0) is 69.0 Å². The van der Waals surface area contributed by atoms with Gasteiger partial charge in [0.1, 0.15) is 0 Å². The summed E-state index contributed by atoms with van der Waals surface area (Å²) in [5.41, 5.74) is 5.41. The smallest absolute Gasteiger partial charge is 0.240 e. The van der Waals surface area contributed by atoms with Crippen LogP contribution in [0.15, 0.2) is 35.2 Å². The van der Waals surface area contributed by atoms with Crippen LogP contribution < -0.4 is 14.9 Å². The largest absolute Gasteiger partial charge is 0.326 e. The minimum absolute atomic E-state index is 0.00389. The van der Waals surface area contributed by atoms with Gasteiger partial charge in [0.25, 0.3) is 0 Å². The van der Waals surface area contributed by atoms with Crippen molar-refractivity contribution < 1.29 is 18.0 Å². The Balaban J connectivity index is 1.63. The molecule has 2 amide bonds. The minimum atomic E-state index is -3.76. The first-order chi connectivity index (χ1) is 14.5. The van der Waals surface area contributed by atoms with Gasteiger partial charge in [0.05, 0.1) is 4.90 Å². The summed E-state index contributed by atoms with van der Waals surface area (Å²) in [7, 11) is -3.76. The SMILES string of the molecule is CC(=O)N1c2ccc(S(=O)(=O)NCCC(=O)Nc3c(C)cc(C)cc3C)cc2CC1C. The van der Waals surface area contributed by atoms with E-state index < -0.39 is 10.0 Å². The van der Waals surface area contributed by atoms with Crippen LogP contribution in [0.3, 0.4) is 0 Å². The van der Waals surface area contributed by atoms with E-state index in [1.54, 1.807) is 17.0 Å². The number of carbonyl (C=O) groups excluding carboxylic acids is 2. The maximum atomic E-state index is 12.7. The highest BCUT2D eigenvalue weighted by Gasteiger charge is 2.30. The fraction of sp³-hybridized carbons (Fsp3) is 0.391. The van der Waals surface area contributed by atoms with Crippen molar-refractivity contribution in [2.75, 3.05) is 16.8 Å². The molecule has 1 atom stereocenters. The average Bonchev–Trinajstić information content (AvgIpc) is 2.99. The number of amides is 2. The molecule has 1 aliphatic rings. The van der Waals surface area contributed by atoms with Gasteiger partial charge in [0.2, 0.25) is 21.8 Å². The summed E-state index contributed by atoms with van der Waals surface area (Å²) in [5, 5.41) is 2.87. The number of anilines is 2. The molecule has 0 aromatic heterocycles. The number of fused-ring (bicyclic) bond motifs is 1. The highest BCUT2D eigenvalue weighted by Crippen LogP contribution is 2.33. The molecule has 2 aromatic carbocycles. The lowest BCUT2D eigenvalue weighted by molar-refractivity contribution is -0.117. The monoisotopic (exact) mass is 443 g/mol. The lowest BCUT2D eigenvalue weighted by Gasteiger charge is -2.20. The van der Waals surface area contributed by atoms with Crippen molar-refractivity contribution >= 4 is 33.2 Å². The molecule has 0 aliphatic carbocycles. The van der Waals surface area contributed by atoms with Gasteiger partial charge in [-0.1, -0.05) is 17.7 Å². The molecule has 31 heavy (non-hydrogen) atoms. The van der Waals surface area contributed by atoms with Crippen molar-refractivity contribution in [3.63, 3.8) is 0 Å². The second-order valence-corrected chi connectivity index (χ2v) is 9.97.